The number of hydrogen-bond donors (Lipinski definition) is 2. The van der Waals surface area contributed by atoms with Gasteiger partial charge < -0.3 is 14.9 Å². The fraction of sp³-hybridized carbons (Fsp3) is 0.571. The predicted molar refractivity (Wildman–Crippen MR) is 79.8 cm³/mol. The van der Waals surface area contributed by atoms with Gasteiger partial charge in [-0.3, -0.25) is 0 Å². The van der Waals surface area contributed by atoms with Gasteiger partial charge in [0.1, 0.15) is 5.75 Å². The van der Waals surface area contributed by atoms with Crippen molar-refractivity contribution in [3.63, 3.8) is 0 Å². The van der Waals surface area contributed by atoms with E-state index >= 15 is 0 Å². The van der Waals surface area contributed by atoms with E-state index in [1.54, 1.807) is 12.1 Å². The largest absolute Gasteiger partial charge is 0.494 e. The lowest BCUT2D eigenvalue weighted by molar-refractivity contribution is 0.217. The maximum atomic E-state index is 12.3. The molecule has 0 unspecified atom stereocenters. The topological polar surface area (TPSA) is 87.1 Å². The Hall–Kier alpha value is -1.15. The Balaban J connectivity index is 2.82. The van der Waals surface area contributed by atoms with Crippen LogP contribution in [-0.4, -0.2) is 55.8 Å². The van der Waals surface area contributed by atoms with Crippen molar-refractivity contribution in [1.29, 1.82) is 0 Å². The third-order valence-electron chi connectivity index (χ3n) is 2.93. The van der Waals surface area contributed by atoms with Crippen molar-refractivity contribution < 1.29 is 23.4 Å². The zero-order chi connectivity index (χ0) is 15.7. The summed E-state index contributed by atoms with van der Waals surface area (Å²) < 4.78 is 31.2. The van der Waals surface area contributed by atoms with Crippen LogP contribution in [0.2, 0.25) is 0 Å². The zero-order valence-electron chi connectivity index (χ0n) is 12.2. The fourth-order valence-electron chi connectivity index (χ4n) is 1.77. The van der Waals surface area contributed by atoms with Gasteiger partial charge >= 0.3 is 0 Å². The van der Waals surface area contributed by atoms with Crippen molar-refractivity contribution >= 4 is 10.0 Å². The molecular formula is C14H23NO5S. The van der Waals surface area contributed by atoms with Gasteiger partial charge in [0, 0.05) is 13.1 Å². The number of nitrogens with zero attached hydrogens (tertiary/aromatic N) is 1. The van der Waals surface area contributed by atoms with Gasteiger partial charge in [-0.25, -0.2) is 8.42 Å². The maximum absolute atomic E-state index is 12.3. The average molecular weight is 317 g/mol. The molecule has 1 aromatic rings. The van der Waals surface area contributed by atoms with Crippen LogP contribution >= 0.6 is 0 Å². The molecule has 21 heavy (non-hydrogen) atoms. The van der Waals surface area contributed by atoms with Crippen molar-refractivity contribution in [3.05, 3.63) is 24.3 Å². The van der Waals surface area contributed by atoms with Crippen molar-refractivity contribution in [2.45, 2.75) is 24.7 Å². The van der Waals surface area contributed by atoms with Crippen LogP contribution in [0.3, 0.4) is 0 Å². The molecule has 1 aromatic carbocycles. The normalized spacial score (nSPS) is 11.8. The molecule has 0 saturated heterocycles. The van der Waals surface area contributed by atoms with Gasteiger partial charge in [-0.1, -0.05) is 13.3 Å². The quantitative estimate of drug-likeness (QED) is 0.625. The van der Waals surface area contributed by atoms with E-state index in [0.717, 1.165) is 17.1 Å². The van der Waals surface area contributed by atoms with Gasteiger partial charge in [0.15, 0.2) is 0 Å². The summed E-state index contributed by atoms with van der Waals surface area (Å²) in [4.78, 5) is 0.118. The highest BCUT2D eigenvalue weighted by atomic mass is 32.2. The van der Waals surface area contributed by atoms with Crippen LogP contribution in [0.1, 0.15) is 19.8 Å². The summed E-state index contributed by atoms with van der Waals surface area (Å²) in [6.45, 7) is 1.99. The molecule has 0 aromatic heterocycles. The molecule has 1 rings (SSSR count). The molecule has 0 aliphatic heterocycles. The Morgan fingerprint density at radius 2 is 1.67 bits per heavy atom. The highest BCUT2D eigenvalue weighted by molar-refractivity contribution is 7.89. The Bertz CT molecular complexity index is 495. The van der Waals surface area contributed by atoms with Crippen LogP contribution in [-0.2, 0) is 10.0 Å². The summed E-state index contributed by atoms with van der Waals surface area (Å²) in [5.74, 6) is 0.623. The molecule has 120 valence electrons. The second-order valence-electron chi connectivity index (χ2n) is 4.52. The van der Waals surface area contributed by atoms with Crippen molar-refractivity contribution in [3.8, 4) is 5.75 Å². The Morgan fingerprint density at radius 3 is 2.14 bits per heavy atom. The summed E-state index contributed by atoms with van der Waals surface area (Å²) in [5.41, 5.74) is 0. The second-order valence-corrected chi connectivity index (χ2v) is 6.46. The number of aliphatic hydroxyl groups is 2. The third kappa shape index (κ3) is 5.28. The SMILES string of the molecule is CCCCOc1ccc(S(=O)(=O)N(CCO)CCO)cc1. The lowest BCUT2D eigenvalue weighted by Crippen LogP contribution is -2.35. The first-order chi connectivity index (χ1) is 10.1. The minimum Gasteiger partial charge on any atom is -0.494 e. The highest BCUT2D eigenvalue weighted by Crippen LogP contribution is 2.19. The lowest BCUT2D eigenvalue weighted by atomic mass is 10.3. The first-order valence-electron chi connectivity index (χ1n) is 7.01. The minimum atomic E-state index is -3.71. The van der Waals surface area contributed by atoms with E-state index in [4.69, 9.17) is 14.9 Å². The Kier molecular flexibility index (Phi) is 7.66. The molecule has 0 radical (unpaired) electrons. The molecule has 0 spiro atoms. The zero-order valence-corrected chi connectivity index (χ0v) is 13.1. The summed E-state index contributed by atoms with van der Waals surface area (Å²) in [5, 5.41) is 17.9. The van der Waals surface area contributed by atoms with E-state index in [9.17, 15) is 8.42 Å². The van der Waals surface area contributed by atoms with Crippen LogP contribution < -0.4 is 4.74 Å². The molecule has 0 aliphatic rings. The smallest absolute Gasteiger partial charge is 0.243 e. The van der Waals surface area contributed by atoms with Gasteiger partial charge in [-0.2, -0.15) is 4.31 Å². The number of sulfonamides is 1. The maximum Gasteiger partial charge on any atom is 0.243 e. The Labute approximate surface area is 126 Å². The molecular weight excluding hydrogens is 294 g/mol. The summed E-state index contributed by atoms with van der Waals surface area (Å²) in [6.07, 6.45) is 1.98. The van der Waals surface area contributed by atoms with E-state index in [-0.39, 0.29) is 31.2 Å². The van der Waals surface area contributed by atoms with Gasteiger partial charge in [0.25, 0.3) is 0 Å². The molecule has 6 nitrogen and oxygen atoms in total. The number of unbranched alkanes of at least 4 members (excludes halogenated alkanes) is 1. The van der Waals surface area contributed by atoms with Crippen LogP contribution in [0.4, 0.5) is 0 Å². The number of rotatable bonds is 10. The van der Waals surface area contributed by atoms with Crippen LogP contribution in [0.25, 0.3) is 0 Å². The predicted octanol–water partition coefficient (Wildman–Crippen LogP) is 0.841. The first kappa shape index (κ1) is 17.9. The number of benzene rings is 1. The van der Waals surface area contributed by atoms with Gasteiger partial charge in [-0.05, 0) is 30.7 Å². The highest BCUT2D eigenvalue weighted by Gasteiger charge is 2.23. The summed E-state index contributed by atoms with van der Waals surface area (Å²) in [6, 6.07) is 6.16. The average Bonchev–Trinajstić information content (AvgIpc) is 2.48. The van der Waals surface area contributed by atoms with Gasteiger partial charge in [-0.15, -0.1) is 0 Å². The fourth-order valence-corrected chi connectivity index (χ4v) is 3.19. The number of hydrogen-bond acceptors (Lipinski definition) is 5. The first-order valence-corrected chi connectivity index (χ1v) is 8.45. The van der Waals surface area contributed by atoms with E-state index < -0.39 is 10.0 Å². The third-order valence-corrected chi connectivity index (χ3v) is 4.84. The van der Waals surface area contributed by atoms with E-state index in [2.05, 4.69) is 6.92 Å². The van der Waals surface area contributed by atoms with Crippen LogP contribution in [0.15, 0.2) is 29.2 Å². The van der Waals surface area contributed by atoms with E-state index in [0.29, 0.717) is 12.4 Å². The number of ether oxygens (including phenoxy) is 1. The molecule has 0 saturated carbocycles. The summed E-state index contributed by atoms with van der Waals surface area (Å²) >= 11 is 0. The van der Waals surface area contributed by atoms with Gasteiger partial charge in [0.05, 0.1) is 24.7 Å². The van der Waals surface area contributed by atoms with E-state index in [1.165, 1.54) is 12.1 Å². The minimum absolute atomic E-state index is 0.0440. The molecule has 0 heterocycles. The van der Waals surface area contributed by atoms with Crippen LogP contribution in [0.5, 0.6) is 5.75 Å². The number of aliphatic hydroxyl groups excluding tert-OH is 2. The summed E-state index contributed by atoms with van der Waals surface area (Å²) in [7, 11) is -3.71. The van der Waals surface area contributed by atoms with Crippen molar-refractivity contribution in [2.24, 2.45) is 0 Å². The Morgan fingerprint density at radius 1 is 1.10 bits per heavy atom. The van der Waals surface area contributed by atoms with Crippen molar-refractivity contribution in [2.75, 3.05) is 32.9 Å². The molecule has 0 fully saturated rings. The second kappa shape index (κ2) is 8.99. The van der Waals surface area contributed by atoms with E-state index in [1.807, 2.05) is 0 Å². The standard InChI is InChI=1S/C14H23NO5S/c1-2-3-12-20-13-4-6-14(7-5-13)21(18,19)15(8-10-16)9-11-17/h4-7,16-17H,2-3,8-12H2,1H3. The molecule has 0 amide bonds. The van der Waals surface area contributed by atoms with Crippen molar-refractivity contribution in [1.82, 2.24) is 4.31 Å². The van der Waals surface area contributed by atoms with Crippen LogP contribution in [0, 0.1) is 0 Å². The molecule has 0 aliphatic carbocycles. The van der Waals surface area contributed by atoms with Gasteiger partial charge in [0.2, 0.25) is 10.0 Å². The lowest BCUT2D eigenvalue weighted by Gasteiger charge is -2.20. The molecule has 0 atom stereocenters. The monoisotopic (exact) mass is 317 g/mol. The molecule has 2 N–H and O–H groups in total. The molecule has 7 heteroatoms. The molecule has 0 bridgehead atoms.